The Labute approximate surface area is 178 Å². The third kappa shape index (κ3) is 4.72. The molecule has 1 aromatic carbocycles. The van der Waals surface area contributed by atoms with Crippen molar-refractivity contribution >= 4 is 28.5 Å². The lowest BCUT2D eigenvalue weighted by Crippen LogP contribution is -2.15. The molecule has 1 saturated carbocycles. The van der Waals surface area contributed by atoms with Crippen LogP contribution in [0.25, 0.3) is 5.57 Å². The van der Waals surface area contributed by atoms with Gasteiger partial charge in [0.15, 0.2) is 0 Å². The Balaban J connectivity index is 1.40. The number of hydrogen-bond donors (Lipinski definition) is 1. The molecule has 0 amide bonds. The number of aliphatic hydroxyl groups excluding tert-OH is 1. The van der Waals surface area contributed by atoms with E-state index >= 15 is 0 Å². The lowest BCUT2D eigenvalue weighted by Gasteiger charge is -2.27. The van der Waals surface area contributed by atoms with Crippen LogP contribution >= 0.6 is 22.9 Å². The maximum atomic E-state index is 10.8. The molecule has 2 aromatic rings. The minimum Gasteiger partial charge on any atom is -0.388 e. The molecular formula is C25H31ClOS. The fraction of sp³-hybridized carbons (Fsp3) is 0.520. The quantitative estimate of drug-likeness (QED) is 0.491. The van der Waals surface area contributed by atoms with Crippen LogP contribution in [0.2, 0.25) is 0 Å². The Hall–Kier alpha value is -1.09. The standard InChI is InChI=1S/C25H31ClOS/c26-23-16-15-18(8-4-9-22-10-5-17-28-22)24(23)19-11-13-21(14-12-19)25(27)20-6-2-1-3-7-20/h5,10-14,17-18,20,25,27H,1-4,6-9,15-16H2/t18-,25?/m0/s1. The summed E-state index contributed by atoms with van der Waals surface area (Å²) in [5, 5.41) is 14.0. The van der Waals surface area contributed by atoms with Crippen molar-refractivity contribution in [1.29, 1.82) is 0 Å². The van der Waals surface area contributed by atoms with E-state index in [0.717, 1.165) is 29.9 Å². The molecule has 28 heavy (non-hydrogen) atoms. The second-order valence-corrected chi connectivity index (χ2v) is 9.98. The lowest BCUT2D eigenvalue weighted by atomic mass is 9.82. The van der Waals surface area contributed by atoms with Gasteiger partial charge in [-0.3, -0.25) is 0 Å². The Morgan fingerprint density at radius 2 is 1.82 bits per heavy atom. The molecule has 1 unspecified atom stereocenters. The van der Waals surface area contributed by atoms with Crippen molar-refractivity contribution in [2.24, 2.45) is 11.8 Å². The Bertz CT molecular complexity index is 771. The largest absolute Gasteiger partial charge is 0.388 e. The molecule has 1 N–H and O–H groups in total. The molecule has 4 rings (SSSR count). The van der Waals surface area contributed by atoms with Crippen LogP contribution in [0.1, 0.15) is 79.9 Å². The first kappa shape index (κ1) is 20.2. The SMILES string of the molecule is OC(c1ccc(C2=C(Cl)CC[C@@H]2CCCc2cccs2)cc1)C1CCCCC1. The predicted octanol–water partition coefficient (Wildman–Crippen LogP) is 7.74. The van der Waals surface area contributed by atoms with Crippen molar-refractivity contribution in [1.82, 2.24) is 0 Å². The fourth-order valence-electron chi connectivity index (χ4n) is 5.04. The monoisotopic (exact) mass is 414 g/mol. The second-order valence-electron chi connectivity index (χ2n) is 8.49. The number of benzene rings is 1. The highest BCUT2D eigenvalue weighted by Gasteiger charge is 2.27. The summed E-state index contributed by atoms with van der Waals surface area (Å²) < 4.78 is 0. The van der Waals surface area contributed by atoms with Crippen LogP contribution in [0, 0.1) is 11.8 Å². The number of allylic oxidation sites excluding steroid dienone is 2. The molecule has 0 radical (unpaired) electrons. The average Bonchev–Trinajstić information content (AvgIpc) is 3.38. The zero-order chi connectivity index (χ0) is 19.3. The topological polar surface area (TPSA) is 20.2 Å². The van der Waals surface area contributed by atoms with Crippen molar-refractivity contribution in [2.45, 2.75) is 70.3 Å². The molecule has 2 atom stereocenters. The highest BCUT2D eigenvalue weighted by atomic mass is 35.5. The lowest BCUT2D eigenvalue weighted by molar-refractivity contribution is 0.0848. The first-order chi connectivity index (χ1) is 13.7. The molecule has 3 heteroatoms. The molecule has 1 aromatic heterocycles. The summed E-state index contributed by atoms with van der Waals surface area (Å²) in [7, 11) is 0. The first-order valence-electron chi connectivity index (χ1n) is 10.9. The van der Waals surface area contributed by atoms with Crippen molar-refractivity contribution in [3.8, 4) is 0 Å². The van der Waals surface area contributed by atoms with Gasteiger partial charge in [0.2, 0.25) is 0 Å². The number of aliphatic hydroxyl groups is 1. The molecular weight excluding hydrogens is 384 g/mol. The van der Waals surface area contributed by atoms with E-state index < -0.39 is 0 Å². The van der Waals surface area contributed by atoms with E-state index in [1.165, 1.54) is 61.0 Å². The molecule has 0 spiro atoms. The summed E-state index contributed by atoms with van der Waals surface area (Å²) in [5.41, 5.74) is 3.68. The fourth-order valence-corrected chi connectivity index (χ4v) is 6.17. The molecule has 2 aliphatic rings. The number of aryl methyl sites for hydroxylation is 1. The van der Waals surface area contributed by atoms with Crippen LogP contribution in [0.3, 0.4) is 0 Å². The van der Waals surface area contributed by atoms with E-state index in [2.05, 4.69) is 41.8 Å². The van der Waals surface area contributed by atoms with E-state index in [9.17, 15) is 5.11 Å². The predicted molar refractivity (Wildman–Crippen MR) is 121 cm³/mol. The van der Waals surface area contributed by atoms with Gasteiger partial charge in [0.05, 0.1) is 6.10 Å². The number of rotatable bonds is 7. The highest BCUT2D eigenvalue weighted by Crippen LogP contribution is 2.44. The van der Waals surface area contributed by atoms with Gasteiger partial charge in [0.25, 0.3) is 0 Å². The van der Waals surface area contributed by atoms with Crippen LogP contribution in [0.15, 0.2) is 46.8 Å². The Morgan fingerprint density at radius 3 is 2.54 bits per heavy atom. The van der Waals surface area contributed by atoms with Gasteiger partial charge in [-0.05, 0) is 84.9 Å². The van der Waals surface area contributed by atoms with Crippen LogP contribution in [0.4, 0.5) is 0 Å². The van der Waals surface area contributed by atoms with E-state index in [-0.39, 0.29) is 6.10 Å². The van der Waals surface area contributed by atoms with Crippen LogP contribution in [0.5, 0.6) is 0 Å². The summed E-state index contributed by atoms with van der Waals surface area (Å²) >= 11 is 8.50. The van der Waals surface area contributed by atoms with Crippen molar-refractivity contribution in [3.63, 3.8) is 0 Å². The van der Waals surface area contributed by atoms with Gasteiger partial charge in [0.1, 0.15) is 0 Å². The molecule has 2 aliphatic carbocycles. The molecule has 150 valence electrons. The number of hydrogen-bond acceptors (Lipinski definition) is 2. The van der Waals surface area contributed by atoms with Crippen LogP contribution < -0.4 is 0 Å². The molecule has 0 saturated heterocycles. The van der Waals surface area contributed by atoms with Gasteiger partial charge < -0.3 is 5.11 Å². The van der Waals surface area contributed by atoms with Gasteiger partial charge >= 0.3 is 0 Å². The molecule has 1 fully saturated rings. The molecule has 1 nitrogen and oxygen atoms in total. The van der Waals surface area contributed by atoms with Gasteiger partial charge in [-0.25, -0.2) is 0 Å². The molecule has 0 bridgehead atoms. The van der Waals surface area contributed by atoms with Crippen LogP contribution in [-0.4, -0.2) is 5.11 Å². The summed E-state index contributed by atoms with van der Waals surface area (Å²) in [6.07, 6.45) is 11.6. The average molecular weight is 415 g/mol. The maximum Gasteiger partial charge on any atom is 0.0818 e. The third-order valence-electron chi connectivity index (χ3n) is 6.63. The minimum absolute atomic E-state index is 0.316. The Kier molecular flexibility index (Phi) is 6.93. The third-order valence-corrected chi connectivity index (χ3v) is 7.96. The van der Waals surface area contributed by atoms with Crippen LogP contribution in [-0.2, 0) is 6.42 Å². The van der Waals surface area contributed by atoms with E-state index in [1.807, 2.05) is 11.3 Å². The highest BCUT2D eigenvalue weighted by molar-refractivity contribution is 7.09. The zero-order valence-corrected chi connectivity index (χ0v) is 18.2. The van der Waals surface area contributed by atoms with E-state index in [0.29, 0.717) is 11.8 Å². The summed E-state index contributed by atoms with van der Waals surface area (Å²) in [5.74, 6) is 1.00. The summed E-state index contributed by atoms with van der Waals surface area (Å²) in [6, 6.07) is 13.0. The molecule has 1 heterocycles. The number of thiophene rings is 1. The van der Waals surface area contributed by atoms with Gasteiger partial charge in [0, 0.05) is 9.91 Å². The minimum atomic E-state index is -0.316. The Morgan fingerprint density at radius 1 is 1.04 bits per heavy atom. The van der Waals surface area contributed by atoms with Gasteiger partial charge in [-0.15, -0.1) is 11.3 Å². The first-order valence-corrected chi connectivity index (χ1v) is 12.2. The van der Waals surface area contributed by atoms with E-state index in [1.54, 1.807) is 0 Å². The second kappa shape index (κ2) is 9.61. The summed E-state index contributed by atoms with van der Waals surface area (Å²) in [4.78, 5) is 1.48. The van der Waals surface area contributed by atoms with E-state index in [4.69, 9.17) is 11.6 Å². The maximum absolute atomic E-state index is 10.8. The van der Waals surface area contributed by atoms with Crippen molar-refractivity contribution in [2.75, 3.05) is 0 Å². The smallest absolute Gasteiger partial charge is 0.0818 e. The summed E-state index contributed by atoms with van der Waals surface area (Å²) in [6.45, 7) is 0. The van der Waals surface area contributed by atoms with Crippen molar-refractivity contribution < 1.29 is 5.11 Å². The van der Waals surface area contributed by atoms with Crippen molar-refractivity contribution in [3.05, 3.63) is 62.8 Å². The number of halogens is 1. The normalized spacial score (nSPS) is 22.0. The van der Waals surface area contributed by atoms with Gasteiger partial charge in [-0.2, -0.15) is 0 Å². The zero-order valence-electron chi connectivity index (χ0n) is 16.6. The molecule has 0 aliphatic heterocycles. The van der Waals surface area contributed by atoms with Gasteiger partial charge in [-0.1, -0.05) is 61.2 Å².